The van der Waals surface area contributed by atoms with Crippen molar-refractivity contribution in [2.45, 2.75) is 45.2 Å². The number of fused-ring (bicyclic) bond motifs is 3. The van der Waals surface area contributed by atoms with Gasteiger partial charge in [-0.1, -0.05) is 50.2 Å². The van der Waals surface area contributed by atoms with Crippen LogP contribution in [0.4, 0.5) is 28.7 Å². The zero-order valence-electron chi connectivity index (χ0n) is 24.0. The monoisotopic (exact) mass is 538 g/mol. The van der Waals surface area contributed by atoms with E-state index >= 15 is 0 Å². The van der Waals surface area contributed by atoms with E-state index < -0.39 is 0 Å². The quantitative estimate of drug-likeness (QED) is 0.246. The van der Waals surface area contributed by atoms with Gasteiger partial charge >= 0.3 is 0 Å². The summed E-state index contributed by atoms with van der Waals surface area (Å²) in [7, 11) is 0. The Morgan fingerprint density at radius 1 is 0.854 bits per heavy atom. The molecule has 6 nitrogen and oxygen atoms in total. The molecule has 1 aromatic heterocycles. The Kier molecular flexibility index (Phi) is 5.79. The number of rotatable bonds is 5. The molecule has 0 bridgehead atoms. The van der Waals surface area contributed by atoms with E-state index in [2.05, 4.69) is 126 Å². The van der Waals surface area contributed by atoms with Crippen molar-refractivity contribution < 1.29 is 0 Å². The van der Waals surface area contributed by atoms with Crippen molar-refractivity contribution in [1.82, 2.24) is 9.55 Å². The number of para-hydroxylation sites is 2. The van der Waals surface area contributed by atoms with Crippen molar-refractivity contribution in [1.29, 1.82) is 5.26 Å². The molecular weight excluding hydrogens is 504 g/mol. The molecule has 4 aromatic carbocycles. The fraction of sp³-hybridized carbons (Fsp3) is 0.257. The normalized spacial score (nSPS) is 15.8. The Labute approximate surface area is 241 Å². The molecule has 0 unspecified atom stereocenters. The first-order valence-electron chi connectivity index (χ1n) is 14.4. The molecule has 0 radical (unpaired) electrons. The molecule has 204 valence electrons. The maximum absolute atomic E-state index is 9.48. The summed E-state index contributed by atoms with van der Waals surface area (Å²) >= 11 is 0. The van der Waals surface area contributed by atoms with Crippen LogP contribution in [0.25, 0.3) is 11.0 Å². The van der Waals surface area contributed by atoms with Crippen LogP contribution in [0.5, 0.6) is 0 Å². The van der Waals surface area contributed by atoms with Gasteiger partial charge in [-0.25, -0.2) is 4.98 Å². The summed E-state index contributed by atoms with van der Waals surface area (Å²) in [6.07, 6.45) is 0. The van der Waals surface area contributed by atoms with Crippen LogP contribution in [0, 0.1) is 11.3 Å². The predicted octanol–water partition coefficient (Wildman–Crippen LogP) is 7.90. The van der Waals surface area contributed by atoms with Crippen LogP contribution in [0.2, 0.25) is 0 Å². The highest BCUT2D eigenvalue weighted by Gasteiger charge is 2.37. The number of hydrogen-bond donors (Lipinski definition) is 1. The Morgan fingerprint density at radius 2 is 1.46 bits per heavy atom. The van der Waals surface area contributed by atoms with E-state index in [9.17, 15) is 5.26 Å². The number of nitrogens with zero attached hydrogens (tertiary/aromatic N) is 5. The van der Waals surface area contributed by atoms with Gasteiger partial charge in [0.25, 0.3) is 0 Å². The Balaban J connectivity index is 1.18. The smallest absolute Gasteiger partial charge is 0.204 e. The first-order chi connectivity index (χ1) is 19.8. The molecule has 5 aromatic rings. The van der Waals surface area contributed by atoms with Crippen molar-refractivity contribution >= 4 is 39.7 Å². The summed E-state index contributed by atoms with van der Waals surface area (Å²) < 4.78 is 2.28. The van der Waals surface area contributed by atoms with E-state index in [0.29, 0.717) is 5.56 Å². The highest BCUT2D eigenvalue weighted by Crippen LogP contribution is 2.51. The summed E-state index contributed by atoms with van der Waals surface area (Å²) in [5.41, 5.74) is 10.0. The molecule has 3 heterocycles. The first kappa shape index (κ1) is 25.2. The lowest BCUT2D eigenvalue weighted by atomic mass is 9.73. The molecule has 0 atom stereocenters. The molecule has 1 saturated heterocycles. The maximum atomic E-state index is 9.48. The molecule has 41 heavy (non-hydrogen) atoms. The van der Waals surface area contributed by atoms with E-state index in [1.165, 1.54) is 28.2 Å². The molecular formula is C35H34N6. The van der Waals surface area contributed by atoms with Gasteiger partial charge in [0.05, 0.1) is 40.1 Å². The zero-order valence-corrected chi connectivity index (χ0v) is 24.0. The van der Waals surface area contributed by atoms with Gasteiger partial charge in [0.1, 0.15) is 0 Å². The fourth-order valence-electron chi connectivity index (χ4n) is 6.48. The molecule has 1 N–H and O–H groups in total. The SMILES string of the molecule is CC(C)Nc1nc2ccc(C#N)cc2n1C1CN(c2ccc(N3c4ccccc4C(C)(C)c4ccccc43)cc2)C1. The second-order valence-corrected chi connectivity index (χ2v) is 12.0. The number of benzene rings is 4. The second-order valence-electron chi connectivity index (χ2n) is 12.0. The van der Waals surface area contributed by atoms with E-state index in [0.717, 1.165) is 35.8 Å². The van der Waals surface area contributed by atoms with Gasteiger partial charge in [-0.15, -0.1) is 0 Å². The van der Waals surface area contributed by atoms with Crippen LogP contribution in [-0.4, -0.2) is 28.7 Å². The number of imidazole rings is 1. The molecule has 2 aliphatic heterocycles. The first-order valence-corrected chi connectivity index (χ1v) is 14.4. The minimum atomic E-state index is -0.0644. The molecule has 7 rings (SSSR count). The lowest BCUT2D eigenvalue weighted by molar-refractivity contribution is 0.411. The summed E-state index contributed by atoms with van der Waals surface area (Å²) in [5.74, 6) is 0.871. The third-order valence-corrected chi connectivity index (χ3v) is 8.57. The standard InChI is InChI=1S/C35H34N6/c1-23(2)37-34-38-30-18-13-24(20-36)19-33(30)41(34)27-21-39(22-27)25-14-16-26(17-15-25)40-31-11-7-5-9-28(31)35(3,4)29-10-6-8-12-32(29)40/h5-19,23,27H,21-22H2,1-4H3,(H,37,38). The molecule has 0 aliphatic carbocycles. The number of nitriles is 1. The van der Waals surface area contributed by atoms with Gasteiger partial charge in [0.15, 0.2) is 0 Å². The molecule has 1 fully saturated rings. The number of aromatic nitrogens is 2. The van der Waals surface area contributed by atoms with Crippen LogP contribution in [0.1, 0.15) is 50.4 Å². The van der Waals surface area contributed by atoms with Crippen LogP contribution in [0.3, 0.4) is 0 Å². The zero-order chi connectivity index (χ0) is 28.3. The van der Waals surface area contributed by atoms with Gasteiger partial charge in [0, 0.05) is 35.9 Å². The average Bonchev–Trinajstić information content (AvgIpc) is 3.29. The van der Waals surface area contributed by atoms with Crippen molar-refractivity contribution in [2.24, 2.45) is 0 Å². The van der Waals surface area contributed by atoms with Gasteiger partial charge < -0.3 is 19.7 Å². The van der Waals surface area contributed by atoms with Crippen LogP contribution >= 0.6 is 0 Å². The van der Waals surface area contributed by atoms with Gasteiger partial charge in [-0.2, -0.15) is 5.26 Å². The van der Waals surface area contributed by atoms with Crippen LogP contribution in [0.15, 0.2) is 91.0 Å². The molecule has 2 aliphatic rings. The van der Waals surface area contributed by atoms with E-state index in [4.69, 9.17) is 4.98 Å². The maximum Gasteiger partial charge on any atom is 0.204 e. The number of nitrogens with one attached hydrogen (secondary N) is 1. The summed E-state index contributed by atoms with van der Waals surface area (Å²) in [6.45, 7) is 10.7. The van der Waals surface area contributed by atoms with Gasteiger partial charge in [-0.05, 0) is 79.6 Å². The van der Waals surface area contributed by atoms with Crippen molar-refractivity contribution in [3.63, 3.8) is 0 Å². The Bertz CT molecular complexity index is 1750. The van der Waals surface area contributed by atoms with Crippen LogP contribution in [-0.2, 0) is 5.41 Å². The van der Waals surface area contributed by atoms with E-state index in [1.807, 2.05) is 18.2 Å². The Hall–Kier alpha value is -4.76. The lowest BCUT2D eigenvalue weighted by Gasteiger charge is -2.43. The minimum absolute atomic E-state index is 0.0644. The molecule has 6 heteroatoms. The minimum Gasteiger partial charge on any atom is -0.367 e. The average molecular weight is 539 g/mol. The topological polar surface area (TPSA) is 60.1 Å². The summed E-state index contributed by atoms with van der Waals surface area (Å²) in [6, 6.07) is 35.1. The van der Waals surface area contributed by atoms with Crippen LogP contribution < -0.4 is 15.1 Å². The number of anilines is 5. The third-order valence-electron chi connectivity index (χ3n) is 8.57. The largest absolute Gasteiger partial charge is 0.367 e. The van der Waals surface area contributed by atoms with Crippen molar-refractivity contribution in [3.8, 4) is 6.07 Å². The van der Waals surface area contributed by atoms with Gasteiger partial charge in [0.2, 0.25) is 5.95 Å². The third kappa shape index (κ3) is 4.03. The Morgan fingerprint density at radius 3 is 2.07 bits per heavy atom. The lowest BCUT2D eigenvalue weighted by Crippen LogP contribution is -2.48. The summed E-state index contributed by atoms with van der Waals surface area (Å²) in [5, 5.41) is 13.0. The van der Waals surface area contributed by atoms with Crippen molar-refractivity contribution in [2.75, 3.05) is 28.2 Å². The highest BCUT2D eigenvalue weighted by atomic mass is 15.3. The fourth-order valence-corrected chi connectivity index (χ4v) is 6.48. The second kappa shape index (κ2) is 9.42. The van der Waals surface area contributed by atoms with E-state index in [1.54, 1.807) is 0 Å². The number of hydrogen-bond acceptors (Lipinski definition) is 5. The van der Waals surface area contributed by atoms with E-state index in [-0.39, 0.29) is 17.5 Å². The van der Waals surface area contributed by atoms with Gasteiger partial charge in [-0.3, -0.25) is 0 Å². The highest BCUT2D eigenvalue weighted by molar-refractivity contribution is 5.86. The van der Waals surface area contributed by atoms with Crippen molar-refractivity contribution in [3.05, 3.63) is 108 Å². The molecule has 0 saturated carbocycles. The molecule has 0 spiro atoms. The predicted molar refractivity (Wildman–Crippen MR) is 168 cm³/mol. The molecule has 0 amide bonds. The summed E-state index contributed by atoms with van der Waals surface area (Å²) in [4.78, 5) is 9.66.